The molecule has 2 aromatic heterocycles. The number of aryl methyl sites for hydroxylation is 1. The number of hydrogen-bond donors (Lipinski definition) is 2. The Bertz CT molecular complexity index is 607. The van der Waals surface area contributed by atoms with Crippen LogP contribution in [0, 0.1) is 6.92 Å². The van der Waals surface area contributed by atoms with E-state index < -0.39 is 0 Å². The van der Waals surface area contributed by atoms with Crippen molar-refractivity contribution in [2.75, 3.05) is 5.43 Å². The molecule has 0 aliphatic carbocycles. The highest BCUT2D eigenvalue weighted by Crippen LogP contribution is 2.27. The van der Waals surface area contributed by atoms with Crippen molar-refractivity contribution in [1.29, 1.82) is 0 Å². The minimum absolute atomic E-state index is 0.199. The maximum atomic E-state index is 5.78. The molecule has 2 rings (SSSR count). The van der Waals surface area contributed by atoms with E-state index in [9.17, 15) is 0 Å². The Kier molecular flexibility index (Phi) is 3.85. The monoisotopic (exact) mass is 273 g/mol. The molecule has 0 saturated carbocycles. The SMILES string of the molecule is Cc1ncccc1Oc1cc(NN)nc(C(C)(C)C)n1. The fourth-order valence-electron chi connectivity index (χ4n) is 1.58. The minimum Gasteiger partial charge on any atom is -0.437 e. The average molecular weight is 273 g/mol. The van der Waals surface area contributed by atoms with E-state index in [1.54, 1.807) is 12.3 Å². The van der Waals surface area contributed by atoms with E-state index in [0.717, 1.165) is 5.69 Å². The summed E-state index contributed by atoms with van der Waals surface area (Å²) in [5, 5.41) is 0. The molecule has 0 unspecified atom stereocenters. The number of nitrogens with one attached hydrogen (secondary N) is 1. The zero-order valence-electron chi connectivity index (χ0n) is 12.1. The zero-order valence-corrected chi connectivity index (χ0v) is 12.1. The fraction of sp³-hybridized carbons (Fsp3) is 0.357. The van der Waals surface area contributed by atoms with Gasteiger partial charge in [-0.3, -0.25) is 4.98 Å². The summed E-state index contributed by atoms with van der Waals surface area (Å²) in [6.07, 6.45) is 1.72. The van der Waals surface area contributed by atoms with E-state index in [0.29, 0.717) is 23.3 Å². The molecule has 0 aliphatic heterocycles. The van der Waals surface area contributed by atoms with Gasteiger partial charge < -0.3 is 10.2 Å². The van der Waals surface area contributed by atoms with Crippen LogP contribution in [0.25, 0.3) is 0 Å². The summed E-state index contributed by atoms with van der Waals surface area (Å²) >= 11 is 0. The lowest BCUT2D eigenvalue weighted by atomic mass is 9.96. The number of nitrogens with zero attached hydrogens (tertiary/aromatic N) is 3. The molecule has 0 atom stereocenters. The highest BCUT2D eigenvalue weighted by atomic mass is 16.5. The molecule has 0 saturated heterocycles. The molecule has 0 amide bonds. The maximum Gasteiger partial charge on any atom is 0.224 e. The van der Waals surface area contributed by atoms with Gasteiger partial charge in [-0.1, -0.05) is 20.8 Å². The van der Waals surface area contributed by atoms with Gasteiger partial charge in [-0.15, -0.1) is 0 Å². The summed E-state index contributed by atoms with van der Waals surface area (Å²) in [7, 11) is 0. The number of hydrazine groups is 1. The van der Waals surface area contributed by atoms with Crippen LogP contribution >= 0.6 is 0 Å². The number of hydrogen-bond acceptors (Lipinski definition) is 6. The normalized spacial score (nSPS) is 11.2. The minimum atomic E-state index is -0.199. The number of aromatic nitrogens is 3. The van der Waals surface area contributed by atoms with Crippen LogP contribution in [0.5, 0.6) is 11.6 Å². The summed E-state index contributed by atoms with van der Waals surface area (Å²) in [6.45, 7) is 7.97. The van der Waals surface area contributed by atoms with E-state index in [1.807, 2.05) is 39.8 Å². The molecule has 0 aliphatic rings. The molecule has 3 N–H and O–H groups in total. The van der Waals surface area contributed by atoms with Gasteiger partial charge in [0.2, 0.25) is 5.88 Å². The standard InChI is InChI=1S/C14H19N5O/c1-9-10(6-5-7-16-9)20-12-8-11(19-15)17-13(18-12)14(2,3)4/h5-8H,15H2,1-4H3,(H,17,18,19). The molecule has 0 radical (unpaired) electrons. The van der Waals surface area contributed by atoms with Gasteiger partial charge in [0.05, 0.1) is 5.69 Å². The molecule has 0 aromatic carbocycles. The number of ether oxygens (including phenoxy) is 1. The molecule has 0 spiro atoms. The Hall–Kier alpha value is -2.21. The van der Waals surface area contributed by atoms with Crippen molar-refractivity contribution >= 4 is 5.82 Å². The van der Waals surface area contributed by atoms with Crippen molar-refractivity contribution in [2.45, 2.75) is 33.1 Å². The van der Waals surface area contributed by atoms with Gasteiger partial charge in [0.1, 0.15) is 11.6 Å². The summed E-state index contributed by atoms with van der Waals surface area (Å²) in [5.74, 6) is 7.72. The quantitative estimate of drug-likeness (QED) is 0.660. The molecule has 0 fully saturated rings. The number of nitrogens with two attached hydrogens (primary N) is 1. The molecular weight excluding hydrogens is 254 g/mol. The summed E-state index contributed by atoms with van der Waals surface area (Å²) < 4.78 is 5.78. The predicted octanol–water partition coefficient (Wildman–Crippen LogP) is 2.56. The van der Waals surface area contributed by atoms with E-state index >= 15 is 0 Å². The molecule has 0 bridgehead atoms. The third kappa shape index (κ3) is 3.21. The van der Waals surface area contributed by atoms with Crippen LogP contribution in [0.15, 0.2) is 24.4 Å². The van der Waals surface area contributed by atoms with Crippen molar-refractivity contribution in [2.24, 2.45) is 5.84 Å². The summed E-state index contributed by atoms with van der Waals surface area (Å²) in [6, 6.07) is 5.31. The molecule has 6 nitrogen and oxygen atoms in total. The first kappa shape index (κ1) is 14.2. The lowest BCUT2D eigenvalue weighted by Crippen LogP contribution is -2.19. The topological polar surface area (TPSA) is 86.0 Å². The second kappa shape index (κ2) is 5.42. The van der Waals surface area contributed by atoms with Crippen LogP contribution in [0.1, 0.15) is 32.3 Å². The number of anilines is 1. The number of nitrogen functional groups attached to an aromatic ring is 1. The first-order chi connectivity index (χ1) is 9.40. The van der Waals surface area contributed by atoms with Gasteiger partial charge in [-0.25, -0.2) is 10.8 Å². The van der Waals surface area contributed by atoms with Crippen LogP contribution in [0.4, 0.5) is 5.82 Å². The highest BCUT2D eigenvalue weighted by Gasteiger charge is 2.19. The Morgan fingerprint density at radius 3 is 2.60 bits per heavy atom. The molecule has 106 valence electrons. The van der Waals surface area contributed by atoms with Gasteiger partial charge in [0.25, 0.3) is 0 Å². The second-order valence-corrected chi connectivity index (χ2v) is 5.50. The van der Waals surface area contributed by atoms with E-state index in [-0.39, 0.29) is 5.41 Å². The van der Waals surface area contributed by atoms with Crippen molar-refractivity contribution in [3.8, 4) is 11.6 Å². The molecule has 20 heavy (non-hydrogen) atoms. The molecule has 2 aromatic rings. The van der Waals surface area contributed by atoms with E-state index in [2.05, 4.69) is 20.4 Å². The largest absolute Gasteiger partial charge is 0.437 e. The average Bonchev–Trinajstić information content (AvgIpc) is 2.40. The van der Waals surface area contributed by atoms with Crippen LogP contribution < -0.4 is 16.0 Å². The van der Waals surface area contributed by atoms with Gasteiger partial charge in [0, 0.05) is 17.7 Å². The van der Waals surface area contributed by atoms with Crippen molar-refractivity contribution < 1.29 is 4.74 Å². The van der Waals surface area contributed by atoms with E-state index in [4.69, 9.17) is 10.6 Å². The maximum absolute atomic E-state index is 5.78. The highest BCUT2D eigenvalue weighted by molar-refractivity contribution is 5.40. The Labute approximate surface area is 118 Å². The van der Waals surface area contributed by atoms with E-state index in [1.165, 1.54) is 0 Å². The lowest BCUT2D eigenvalue weighted by molar-refractivity contribution is 0.441. The van der Waals surface area contributed by atoms with Gasteiger partial charge in [-0.05, 0) is 19.1 Å². The van der Waals surface area contributed by atoms with Crippen molar-refractivity contribution in [3.63, 3.8) is 0 Å². The first-order valence-corrected chi connectivity index (χ1v) is 6.36. The summed E-state index contributed by atoms with van der Waals surface area (Å²) in [5.41, 5.74) is 3.13. The fourth-order valence-corrected chi connectivity index (χ4v) is 1.58. The van der Waals surface area contributed by atoms with Crippen LogP contribution in [0.3, 0.4) is 0 Å². The van der Waals surface area contributed by atoms with Gasteiger partial charge in [-0.2, -0.15) is 4.98 Å². The second-order valence-electron chi connectivity index (χ2n) is 5.50. The Morgan fingerprint density at radius 1 is 1.25 bits per heavy atom. The summed E-state index contributed by atoms with van der Waals surface area (Å²) in [4.78, 5) is 13.0. The van der Waals surface area contributed by atoms with Crippen molar-refractivity contribution in [3.05, 3.63) is 35.9 Å². The zero-order chi connectivity index (χ0) is 14.8. The Balaban J connectivity index is 2.39. The molecular formula is C14H19N5O. The number of pyridine rings is 1. The Morgan fingerprint density at radius 2 is 2.00 bits per heavy atom. The van der Waals surface area contributed by atoms with Gasteiger partial charge in [0.15, 0.2) is 5.75 Å². The predicted molar refractivity (Wildman–Crippen MR) is 77.6 cm³/mol. The van der Waals surface area contributed by atoms with Crippen LogP contribution in [0.2, 0.25) is 0 Å². The third-order valence-corrected chi connectivity index (χ3v) is 2.69. The number of rotatable bonds is 3. The van der Waals surface area contributed by atoms with Gasteiger partial charge >= 0.3 is 0 Å². The smallest absolute Gasteiger partial charge is 0.224 e. The van der Waals surface area contributed by atoms with Crippen LogP contribution in [-0.4, -0.2) is 15.0 Å². The third-order valence-electron chi connectivity index (χ3n) is 2.69. The van der Waals surface area contributed by atoms with Crippen molar-refractivity contribution in [1.82, 2.24) is 15.0 Å². The molecule has 6 heteroatoms. The van der Waals surface area contributed by atoms with Crippen LogP contribution in [-0.2, 0) is 5.41 Å². The lowest BCUT2D eigenvalue weighted by Gasteiger charge is -2.18. The first-order valence-electron chi connectivity index (χ1n) is 6.36. The molecule has 2 heterocycles.